The number of benzene rings is 1. The lowest BCUT2D eigenvalue weighted by Gasteiger charge is -2.03. The second kappa shape index (κ2) is 4.88. The van der Waals surface area contributed by atoms with E-state index >= 15 is 0 Å². The van der Waals surface area contributed by atoms with E-state index in [1.807, 2.05) is 37.3 Å². The highest BCUT2D eigenvalue weighted by molar-refractivity contribution is 7.80. The highest BCUT2D eigenvalue weighted by atomic mass is 32.1. The molecule has 1 aromatic heterocycles. The SMILES string of the molecule is Cc1cc(C=NNC(N)=S)c2ccccc2n1. The van der Waals surface area contributed by atoms with Crippen molar-refractivity contribution in [1.82, 2.24) is 10.4 Å². The number of nitrogens with zero attached hydrogens (tertiary/aromatic N) is 2. The summed E-state index contributed by atoms with van der Waals surface area (Å²) in [6.07, 6.45) is 1.69. The average molecular weight is 244 g/mol. The quantitative estimate of drug-likeness (QED) is 0.479. The predicted molar refractivity (Wildman–Crippen MR) is 74.0 cm³/mol. The number of pyridine rings is 1. The standard InChI is InChI=1S/C12H12N4S/c1-8-6-9(7-14-16-12(13)17)10-4-2-3-5-11(10)15-8/h2-7H,1H3,(H3,13,16,17). The fraction of sp³-hybridized carbons (Fsp3) is 0.0833. The third-order valence-electron chi connectivity index (χ3n) is 2.25. The van der Waals surface area contributed by atoms with Crippen LogP contribution in [-0.4, -0.2) is 16.3 Å². The van der Waals surface area contributed by atoms with Crippen molar-refractivity contribution in [2.45, 2.75) is 6.92 Å². The molecule has 0 atom stereocenters. The van der Waals surface area contributed by atoms with Crippen LogP contribution in [0.2, 0.25) is 0 Å². The van der Waals surface area contributed by atoms with Gasteiger partial charge >= 0.3 is 0 Å². The molecule has 4 nitrogen and oxygen atoms in total. The fourth-order valence-electron chi connectivity index (χ4n) is 1.61. The molecule has 0 radical (unpaired) electrons. The molecule has 2 rings (SSSR count). The molecule has 17 heavy (non-hydrogen) atoms. The van der Waals surface area contributed by atoms with E-state index < -0.39 is 0 Å². The highest BCUT2D eigenvalue weighted by Gasteiger charge is 2.00. The van der Waals surface area contributed by atoms with Crippen LogP contribution in [0.3, 0.4) is 0 Å². The molecule has 86 valence electrons. The van der Waals surface area contributed by atoms with Crippen molar-refractivity contribution in [3.63, 3.8) is 0 Å². The molecule has 0 aliphatic carbocycles. The van der Waals surface area contributed by atoms with Gasteiger partial charge in [0.05, 0.1) is 11.7 Å². The smallest absolute Gasteiger partial charge is 0.184 e. The molecule has 0 aliphatic rings. The van der Waals surface area contributed by atoms with E-state index in [-0.39, 0.29) is 5.11 Å². The summed E-state index contributed by atoms with van der Waals surface area (Å²) in [7, 11) is 0. The van der Waals surface area contributed by atoms with Crippen LogP contribution in [0.25, 0.3) is 10.9 Å². The Labute approximate surface area is 105 Å². The highest BCUT2D eigenvalue weighted by Crippen LogP contribution is 2.16. The second-order valence-corrected chi connectivity index (χ2v) is 4.04. The number of hydrogen-bond donors (Lipinski definition) is 2. The average Bonchev–Trinajstić information content (AvgIpc) is 2.28. The number of aromatic nitrogens is 1. The summed E-state index contributed by atoms with van der Waals surface area (Å²) in [6.45, 7) is 1.95. The predicted octanol–water partition coefficient (Wildman–Crippen LogP) is 1.71. The molecule has 0 bridgehead atoms. The minimum atomic E-state index is 0.149. The maximum Gasteiger partial charge on any atom is 0.184 e. The number of hydrazone groups is 1. The summed E-state index contributed by atoms with van der Waals surface area (Å²) in [5, 5.41) is 5.16. The summed E-state index contributed by atoms with van der Waals surface area (Å²) in [5.41, 5.74) is 10.7. The van der Waals surface area contributed by atoms with Gasteiger partial charge in [0, 0.05) is 16.6 Å². The van der Waals surface area contributed by atoms with E-state index in [0.29, 0.717) is 0 Å². The Morgan fingerprint density at radius 2 is 2.24 bits per heavy atom. The first-order valence-electron chi connectivity index (χ1n) is 5.12. The largest absolute Gasteiger partial charge is 0.375 e. The minimum absolute atomic E-state index is 0.149. The second-order valence-electron chi connectivity index (χ2n) is 3.60. The molecular formula is C12H12N4S. The molecule has 1 aromatic carbocycles. The fourth-order valence-corrected chi connectivity index (χ4v) is 1.67. The van der Waals surface area contributed by atoms with Crippen LogP contribution in [0.5, 0.6) is 0 Å². The van der Waals surface area contributed by atoms with E-state index in [0.717, 1.165) is 22.2 Å². The summed E-state index contributed by atoms with van der Waals surface area (Å²) in [4.78, 5) is 4.45. The van der Waals surface area contributed by atoms with Crippen LogP contribution >= 0.6 is 12.2 Å². The van der Waals surface area contributed by atoms with Crippen LogP contribution < -0.4 is 11.2 Å². The Balaban J connectivity index is 2.45. The van der Waals surface area contributed by atoms with Crippen molar-refractivity contribution in [2.24, 2.45) is 10.8 Å². The zero-order chi connectivity index (χ0) is 12.3. The third-order valence-corrected chi connectivity index (χ3v) is 2.35. The Bertz CT molecular complexity index is 592. The lowest BCUT2D eigenvalue weighted by molar-refractivity contribution is 1.04. The number of aryl methyl sites for hydroxylation is 1. The molecule has 0 fully saturated rings. The molecule has 0 saturated heterocycles. The van der Waals surface area contributed by atoms with E-state index in [1.54, 1.807) is 6.21 Å². The maximum atomic E-state index is 5.29. The number of thiocarbonyl (C=S) groups is 1. The summed E-state index contributed by atoms with van der Waals surface area (Å²) < 4.78 is 0. The lowest BCUT2D eigenvalue weighted by atomic mass is 10.1. The Kier molecular flexibility index (Phi) is 3.30. The van der Waals surface area contributed by atoms with Gasteiger partial charge in [-0.15, -0.1) is 0 Å². The van der Waals surface area contributed by atoms with Gasteiger partial charge in [-0.1, -0.05) is 18.2 Å². The monoisotopic (exact) mass is 244 g/mol. The number of nitrogens with two attached hydrogens (primary N) is 1. The van der Waals surface area contributed by atoms with Gasteiger partial charge < -0.3 is 5.73 Å². The number of hydrogen-bond acceptors (Lipinski definition) is 3. The summed E-state index contributed by atoms with van der Waals surface area (Å²) in [6, 6.07) is 9.87. The minimum Gasteiger partial charge on any atom is -0.375 e. The number of para-hydroxylation sites is 1. The van der Waals surface area contributed by atoms with Crippen molar-refractivity contribution in [1.29, 1.82) is 0 Å². The van der Waals surface area contributed by atoms with Gasteiger partial charge in [-0.3, -0.25) is 10.4 Å². The first-order chi connectivity index (χ1) is 8.16. The van der Waals surface area contributed by atoms with E-state index in [4.69, 9.17) is 5.73 Å². The van der Waals surface area contributed by atoms with Gasteiger partial charge in [0.2, 0.25) is 0 Å². The molecule has 2 aromatic rings. The van der Waals surface area contributed by atoms with Gasteiger partial charge in [-0.25, -0.2) is 0 Å². The van der Waals surface area contributed by atoms with Crippen LogP contribution in [0.1, 0.15) is 11.3 Å². The van der Waals surface area contributed by atoms with Gasteiger partial charge in [0.25, 0.3) is 0 Å². The summed E-state index contributed by atoms with van der Waals surface area (Å²) >= 11 is 4.67. The first kappa shape index (κ1) is 11.5. The Hall–Kier alpha value is -2.01. The first-order valence-corrected chi connectivity index (χ1v) is 5.52. The molecule has 0 spiro atoms. The summed E-state index contributed by atoms with van der Waals surface area (Å²) in [5.74, 6) is 0. The zero-order valence-corrected chi connectivity index (χ0v) is 10.2. The van der Waals surface area contributed by atoms with Gasteiger partial charge in [0.1, 0.15) is 0 Å². The topological polar surface area (TPSA) is 63.3 Å². The van der Waals surface area contributed by atoms with Gasteiger partial charge in [-0.2, -0.15) is 5.10 Å². The molecule has 0 unspecified atom stereocenters. The van der Waals surface area contributed by atoms with E-state index in [1.165, 1.54) is 0 Å². The zero-order valence-electron chi connectivity index (χ0n) is 9.34. The van der Waals surface area contributed by atoms with Crippen molar-refractivity contribution < 1.29 is 0 Å². The maximum absolute atomic E-state index is 5.29. The molecule has 0 aliphatic heterocycles. The number of rotatable bonds is 2. The Morgan fingerprint density at radius 1 is 1.47 bits per heavy atom. The van der Waals surface area contributed by atoms with Crippen molar-refractivity contribution in [3.05, 3.63) is 41.6 Å². The third kappa shape index (κ3) is 2.76. The van der Waals surface area contributed by atoms with Crippen LogP contribution in [0, 0.1) is 6.92 Å². The van der Waals surface area contributed by atoms with Crippen LogP contribution in [0.4, 0.5) is 0 Å². The molecule has 0 amide bonds. The van der Waals surface area contributed by atoms with Crippen LogP contribution in [0.15, 0.2) is 35.4 Å². The van der Waals surface area contributed by atoms with E-state index in [2.05, 4.69) is 27.7 Å². The normalized spacial score (nSPS) is 10.9. The molecule has 0 saturated carbocycles. The Morgan fingerprint density at radius 3 is 3.00 bits per heavy atom. The van der Waals surface area contributed by atoms with E-state index in [9.17, 15) is 0 Å². The van der Waals surface area contributed by atoms with Gasteiger partial charge in [-0.05, 0) is 31.3 Å². The molecule has 3 N–H and O–H groups in total. The molecule has 5 heteroatoms. The van der Waals surface area contributed by atoms with Gasteiger partial charge in [0.15, 0.2) is 5.11 Å². The van der Waals surface area contributed by atoms with Crippen molar-refractivity contribution >= 4 is 34.4 Å². The molecule has 1 heterocycles. The number of nitrogens with one attached hydrogen (secondary N) is 1. The number of fused-ring (bicyclic) bond motifs is 1. The lowest BCUT2D eigenvalue weighted by Crippen LogP contribution is -2.24. The van der Waals surface area contributed by atoms with Crippen molar-refractivity contribution in [3.8, 4) is 0 Å². The molecular weight excluding hydrogens is 232 g/mol. The van der Waals surface area contributed by atoms with Crippen molar-refractivity contribution in [2.75, 3.05) is 0 Å². The van der Waals surface area contributed by atoms with Crippen LogP contribution in [-0.2, 0) is 0 Å².